The van der Waals surface area contributed by atoms with Crippen molar-refractivity contribution in [3.8, 4) is 0 Å². The molecule has 1 fully saturated rings. The Labute approximate surface area is 255 Å². The lowest BCUT2D eigenvalue weighted by Gasteiger charge is -2.40. The second kappa shape index (κ2) is 25.5. The molecule has 1 rings (SSSR count). The van der Waals surface area contributed by atoms with Gasteiger partial charge in [0.05, 0.1) is 25.4 Å². The van der Waals surface area contributed by atoms with Crippen LogP contribution in [0.4, 0.5) is 0 Å². The minimum absolute atomic E-state index is 0.144. The number of carbonyl (C=O) groups excluding carboxylic acids is 1. The summed E-state index contributed by atoms with van der Waals surface area (Å²) in [5.41, 5.74) is 0. The zero-order chi connectivity index (χ0) is 31.0. The van der Waals surface area contributed by atoms with Crippen LogP contribution in [0.1, 0.15) is 149 Å². The van der Waals surface area contributed by atoms with Crippen LogP contribution in [0.5, 0.6) is 0 Å². The molecule has 1 aliphatic heterocycles. The van der Waals surface area contributed by atoms with Crippen LogP contribution in [0.3, 0.4) is 0 Å². The van der Waals surface area contributed by atoms with Crippen molar-refractivity contribution in [3.63, 3.8) is 0 Å². The second-order valence-corrected chi connectivity index (χ2v) is 12.3. The number of hydrogen-bond donors (Lipinski definition) is 6. The molecule has 7 atom stereocenters. The Morgan fingerprint density at radius 2 is 1.17 bits per heavy atom. The number of carbonyl (C=O) groups is 1. The maximum atomic E-state index is 12.0. The van der Waals surface area contributed by atoms with E-state index in [0.717, 1.165) is 19.3 Å². The molecule has 42 heavy (non-hydrogen) atoms. The first-order valence-corrected chi connectivity index (χ1v) is 17.2. The van der Waals surface area contributed by atoms with Gasteiger partial charge >= 0.3 is 0 Å². The van der Waals surface area contributed by atoms with Crippen molar-refractivity contribution in [1.29, 1.82) is 0 Å². The molecule has 1 saturated heterocycles. The molecule has 9 heteroatoms. The van der Waals surface area contributed by atoms with Gasteiger partial charge in [-0.15, -0.1) is 0 Å². The van der Waals surface area contributed by atoms with E-state index in [2.05, 4.69) is 12.2 Å². The molecule has 1 aliphatic rings. The van der Waals surface area contributed by atoms with E-state index in [0.29, 0.717) is 6.42 Å². The summed E-state index contributed by atoms with van der Waals surface area (Å²) < 4.78 is 11.0. The standard InChI is InChI=1S/C33H65NO8/c1-3-5-6-7-8-9-10-11-12-13-14-15-16-17-18-19-20-21-22-23-27(36)26(34-29(37)4-2)25-41-33-32(40)31(39)30(38)28(24-35)42-33/h26-28,30-33,35-36,38-40H,3-25H2,1-2H3,(H,34,37). The Morgan fingerprint density at radius 1 is 0.714 bits per heavy atom. The first-order valence-electron chi connectivity index (χ1n) is 17.2. The quantitative estimate of drug-likeness (QED) is 0.0728. The molecule has 1 amide bonds. The lowest BCUT2D eigenvalue weighted by molar-refractivity contribution is -0.302. The number of hydrogen-bond acceptors (Lipinski definition) is 8. The van der Waals surface area contributed by atoms with Gasteiger partial charge in [0.25, 0.3) is 0 Å². The third kappa shape index (κ3) is 17.5. The zero-order valence-corrected chi connectivity index (χ0v) is 26.8. The summed E-state index contributed by atoms with van der Waals surface area (Å²) in [6.07, 6.45) is 17.7. The fourth-order valence-electron chi connectivity index (χ4n) is 5.59. The van der Waals surface area contributed by atoms with E-state index >= 15 is 0 Å². The summed E-state index contributed by atoms with van der Waals surface area (Å²) in [5.74, 6) is -0.232. The first-order chi connectivity index (χ1) is 20.3. The van der Waals surface area contributed by atoms with Crippen LogP contribution in [0.15, 0.2) is 0 Å². The van der Waals surface area contributed by atoms with Gasteiger partial charge in [-0.3, -0.25) is 4.79 Å². The summed E-state index contributed by atoms with van der Waals surface area (Å²) in [4.78, 5) is 12.0. The summed E-state index contributed by atoms with van der Waals surface area (Å²) in [5, 5.41) is 53.0. The van der Waals surface area contributed by atoms with Crippen molar-refractivity contribution in [3.05, 3.63) is 0 Å². The maximum absolute atomic E-state index is 12.0. The number of amides is 1. The Bertz CT molecular complexity index is 637. The van der Waals surface area contributed by atoms with Gasteiger partial charge in [-0.2, -0.15) is 0 Å². The van der Waals surface area contributed by atoms with Crippen molar-refractivity contribution in [2.24, 2.45) is 0 Å². The van der Waals surface area contributed by atoms with Crippen LogP contribution in [-0.2, 0) is 14.3 Å². The molecule has 7 unspecified atom stereocenters. The normalized spacial score (nSPS) is 24.0. The van der Waals surface area contributed by atoms with Crippen molar-refractivity contribution in [1.82, 2.24) is 5.32 Å². The summed E-state index contributed by atoms with van der Waals surface area (Å²) in [6, 6.07) is -0.708. The minimum Gasteiger partial charge on any atom is -0.394 e. The van der Waals surface area contributed by atoms with E-state index in [9.17, 15) is 30.3 Å². The van der Waals surface area contributed by atoms with Crippen LogP contribution < -0.4 is 5.32 Å². The van der Waals surface area contributed by atoms with Crippen molar-refractivity contribution < 1.29 is 39.8 Å². The van der Waals surface area contributed by atoms with Crippen molar-refractivity contribution in [2.75, 3.05) is 13.2 Å². The third-order valence-corrected chi connectivity index (χ3v) is 8.52. The number of ether oxygens (including phenoxy) is 2. The molecular weight excluding hydrogens is 538 g/mol. The van der Waals surface area contributed by atoms with Crippen molar-refractivity contribution >= 4 is 5.91 Å². The average Bonchev–Trinajstić information content (AvgIpc) is 2.99. The Morgan fingerprint density at radius 3 is 1.60 bits per heavy atom. The van der Waals surface area contributed by atoms with E-state index < -0.39 is 49.5 Å². The SMILES string of the molecule is CCCCCCCCCCCCCCCCCCCCCC(O)C(COC1OC(CO)C(O)C(O)C1O)NC(=O)CC. The highest BCUT2D eigenvalue weighted by Crippen LogP contribution is 2.23. The number of aliphatic hydroxyl groups is 5. The van der Waals surface area contributed by atoms with Crippen LogP contribution in [-0.4, -0.2) is 87.5 Å². The highest BCUT2D eigenvalue weighted by atomic mass is 16.7. The Hall–Kier alpha value is -0.810. The molecule has 0 aliphatic carbocycles. The van der Waals surface area contributed by atoms with Gasteiger partial charge in [0.15, 0.2) is 6.29 Å². The van der Waals surface area contributed by atoms with E-state index in [-0.39, 0.29) is 18.9 Å². The van der Waals surface area contributed by atoms with Gasteiger partial charge in [-0.05, 0) is 6.42 Å². The average molecular weight is 604 g/mol. The smallest absolute Gasteiger partial charge is 0.220 e. The number of aliphatic hydroxyl groups excluding tert-OH is 5. The number of nitrogens with one attached hydrogen (secondary N) is 1. The molecule has 0 bridgehead atoms. The molecule has 9 nitrogen and oxygen atoms in total. The second-order valence-electron chi connectivity index (χ2n) is 12.3. The molecule has 1 heterocycles. The molecule has 250 valence electrons. The highest BCUT2D eigenvalue weighted by molar-refractivity contribution is 5.75. The molecule has 0 aromatic heterocycles. The first kappa shape index (κ1) is 39.2. The monoisotopic (exact) mass is 603 g/mol. The molecular formula is C33H65NO8. The molecule has 0 saturated carbocycles. The molecule has 6 N–H and O–H groups in total. The molecule has 0 radical (unpaired) electrons. The van der Waals surface area contributed by atoms with Gasteiger partial charge in [-0.1, -0.05) is 136 Å². The van der Waals surface area contributed by atoms with E-state index in [1.807, 2.05) is 0 Å². The molecule has 0 aromatic rings. The Balaban J connectivity index is 2.11. The van der Waals surface area contributed by atoms with Gasteiger partial charge in [-0.25, -0.2) is 0 Å². The fourth-order valence-corrected chi connectivity index (χ4v) is 5.59. The summed E-state index contributed by atoms with van der Waals surface area (Å²) in [6.45, 7) is 3.29. The predicted octanol–water partition coefficient (Wildman–Crippen LogP) is 4.88. The predicted molar refractivity (Wildman–Crippen MR) is 166 cm³/mol. The summed E-state index contributed by atoms with van der Waals surface area (Å²) in [7, 11) is 0. The van der Waals surface area contributed by atoms with Crippen molar-refractivity contribution in [2.45, 2.75) is 192 Å². The molecule has 0 aromatic carbocycles. The topological polar surface area (TPSA) is 149 Å². The Kier molecular flexibility index (Phi) is 23.8. The van der Waals surface area contributed by atoms with Crippen LogP contribution in [0, 0.1) is 0 Å². The van der Waals surface area contributed by atoms with Crippen LogP contribution >= 0.6 is 0 Å². The number of rotatable bonds is 27. The fraction of sp³-hybridized carbons (Fsp3) is 0.970. The highest BCUT2D eigenvalue weighted by Gasteiger charge is 2.44. The number of unbranched alkanes of at least 4 members (excludes halogenated alkanes) is 18. The zero-order valence-electron chi connectivity index (χ0n) is 26.8. The van der Waals surface area contributed by atoms with Gasteiger partial charge < -0.3 is 40.3 Å². The van der Waals surface area contributed by atoms with Crippen LogP contribution in [0.2, 0.25) is 0 Å². The van der Waals surface area contributed by atoms with Crippen LogP contribution in [0.25, 0.3) is 0 Å². The van der Waals surface area contributed by atoms with Gasteiger partial charge in [0.2, 0.25) is 5.91 Å². The van der Waals surface area contributed by atoms with E-state index in [4.69, 9.17) is 9.47 Å². The van der Waals surface area contributed by atoms with E-state index in [1.54, 1.807) is 6.92 Å². The van der Waals surface area contributed by atoms with Gasteiger partial charge in [0, 0.05) is 6.42 Å². The van der Waals surface area contributed by atoms with E-state index in [1.165, 1.54) is 103 Å². The lowest BCUT2D eigenvalue weighted by atomic mass is 9.99. The third-order valence-electron chi connectivity index (χ3n) is 8.52. The summed E-state index contributed by atoms with van der Waals surface area (Å²) >= 11 is 0. The minimum atomic E-state index is -1.54. The molecule has 0 spiro atoms. The van der Waals surface area contributed by atoms with Gasteiger partial charge in [0.1, 0.15) is 24.4 Å². The maximum Gasteiger partial charge on any atom is 0.220 e. The largest absolute Gasteiger partial charge is 0.394 e. The lowest BCUT2D eigenvalue weighted by Crippen LogP contribution is -2.60.